The molecule has 1 heterocycles. The standard InChI is InChI=1S/C11H21N3/c1-5-11-10(7-12-6-2)8-13-14(11)9(3)4/h8-9,12H,5-7H2,1-4H3. The summed E-state index contributed by atoms with van der Waals surface area (Å²) in [6.45, 7) is 10.6. The molecular weight excluding hydrogens is 174 g/mol. The Balaban J connectivity index is 2.84. The van der Waals surface area contributed by atoms with Gasteiger partial charge < -0.3 is 5.32 Å². The van der Waals surface area contributed by atoms with E-state index >= 15 is 0 Å². The average molecular weight is 195 g/mol. The van der Waals surface area contributed by atoms with E-state index in [1.807, 2.05) is 6.20 Å². The minimum Gasteiger partial charge on any atom is -0.313 e. The molecule has 0 bridgehead atoms. The van der Waals surface area contributed by atoms with E-state index in [1.54, 1.807) is 0 Å². The fraction of sp³-hybridized carbons (Fsp3) is 0.727. The predicted molar refractivity (Wildman–Crippen MR) is 59.4 cm³/mol. The summed E-state index contributed by atoms with van der Waals surface area (Å²) in [7, 11) is 0. The van der Waals surface area contributed by atoms with Gasteiger partial charge in [0.15, 0.2) is 0 Å². The van der Waals surface area contributed by atoms with Crippen LogP contribution in [-0.4, -0.2) is 16.3 Å². The van der Waals surface area contributed by atoms with Gasteiger partial charge in [0.25, 0.3) is 0 Å². The van der Waals surface area contributed by atoms with E-state index in [2.05, 4.69) is 42.8 Å². The molecule has 0 saturated heterocycles. The van der Waals surface area contributed by atoms with Gasteiger partial charge >= 0.3 is 0 Å². The van der Waals surface area contributed by atoms with Crippen LogP contribution in [0.4, 0.5) is 0 Å². The normalized spacial score (nSPS) is 11.2. The molecule has 0 radical (unpaired) electrons. The van der Waals surface area contributed by atoms with Crippen molar-refractivity contribution in [1.29, 1.82) is 0 Å². The Bertz CT molecular complexity index is 276. The lowest BCUT2D eigenvalue weighted by Gasteiger charge is -2.11. The SMILES string of the molecule is CCNCc1cnn(C(C)C)c1CC. The predicted octanol–water partition coefficient (Wildman–Crippen LogP) is 2.14. The van der Waals surface area contributed by atoms with Gasteiger partial charge in [-0.1, -0.05) is 13.8 Å². The first-order chi connectivity index (χ1) is 6.70. The van der Waals surface area contributed by atoms with Crippen LogP contribution in [0.2, 0.25) is 0 Å². The molecule has 0 atom stereocenters. The molecule has 0 fully saturated rings. The lowest BCUT2D eigenvalue weighted by atomic mass is 10.2. The van der Waals surface area contributed by atoms with E-state index in [9.17, 15) is 0 Å². The Kier molecular flexibility index (Phi) is 4.14. The van der Waals surface area contributed by atoms with E-state index in [0.717, 1.165) is 19.5 Å². The molecule has 0 saturated carbocycles. The number of aromatic nitrogens is 2. The van der Waals surface area contributed by atoms with Crippen molar-refractivity contribution in [3.63, 3.8) is 0 Å². The molecule has 0 aromatic carbocycles. The zero-order valence-electron chi connectivity index (χ0n) is 9.67. The molecule has 1 aromatic rings. The van der Waals surface area contributed by atoms with Gasteiger partial charge in [0.1, 0.15) is 0 Å². The van der Waals surface area contributed by atoms with E-state index in [-0.39, 0.29) is 0 Å². The van der Waals surface area contributed by atoms with Crippen molar-refractivity contribution >= 4 is 0 Å². The highest BCUT2D eigenvalue weighted by molar-refractivity contribution is 5.18. The molecule has 3 heteroatoms. The number of hydrogen-bond acceptors (Lipinski definition) is 2. The summed E-state index contributed by atoms with van der Waals surface area (Å²) in [5.41, 5.74) is 2.70. The fourth-order valence-electron chi connectivity index (χ4n) is 1.66. The van der Waals surface area contributed by atoms with Gasteiger partial charge in [-0.05, 0) is 26.8 Å². The minimum atomic E-state index is 0.459. The van der Waals surface area contributed by atoms with Crippen molar-refractivity contribution < 1.29 is 0 Å². The fourth-order valence-corrected chi connectivity index (χ4v) is 1.66. The van der Waals surface area contributed by atoms with Crippen LogP contribution in [0.1, 0.15) is 45.0 Å². The summed E-state index contributed by atoms with van der Waals surface area (Å²) in [5.74, 6) is 0. The molecule has 14 heavy (non-hydrogen) atoms. The first-order valence-corrected chi connectivity index (χ1v) is 5.46. The van der Waals surface area contributed by atoms with E-state index in [1.165, 1.54) is 11.3 Å². The smallest absolute Gasteiger partial charge is 0.0537 e. The third kappa shape index (κ3) is 2.35. The highest BCUT2D eigenvalue weighted by Crippen LogP contribution is 2.14. The Hall–Kier alpha value is -0.830. The van der Waals surface area contributed by atoms with Gasteiger partial charge in [0.2, 0.25) is 0 Å². The Morgan fingerprint density at radius 1 is 1.43 bits per heavy atom. The van der Waals surface area contributed by atoms with Crippen LogP contribution in [-0.2, 0) is 13.0 Å². The summed E-state index contributed by atoms with van der Waals surface area (Å²) in [5, 5.41) is 7.75. The third-order valence-corrected chi connectivity index (χ3v) is 2.37. The molecule has 0 aliphatic carbocycles. The maximum atomic E-state index is 4.42. The summed E-state index contributed by atoms with van der Waals surface area (Å²) in [6, 6.07) is 0.459. The van der Waals surface area contributed by atoms with Crippen molar-refractivity contribution in [3.8, 4) is 0 Å². The Morgan fingerprint density at radius 2 is 2.14 bits per heavy atom. The molecular formula is C11H21N3. The van der Waals surface area contributed by atoms with Gasteiger partial charge in [-0.2, -0.15) is 5.10 Å². The van der Waals surface area contributed by atoms with Crippen LogP contribution in [0.15, 0.2) is 6.20 Å². The number of nitrogens with one attached hydrogen (secondary N) is 1. The lowest BCUT2D eigenvalue weighted by molar-refractivity contribution is 0.509. The molecule has 3 nitrogen and oxygen atoms in total. The van der Waals surface area contributed by atoms with Crippen LogP contribution in [0.25, 0.3) is 0 Å². The van der Waals surface area contributed by atoms with Crippen molar-refractivity contribution in [1.82, 2.24) is 15.1 Å². The summed E-state index contributed by atoms with van der Waals surface area (Å²) < 4.78 is 2.12. The van der Waals surface area contributed by atoms with E-state index in [0.29, 0.717) is 6.04 Å². The summed E-state index contributed by atoms with van der Waals surface area (Å²) >= 11 is 0. The van der Waals surface area contributed by atoms with Crippen LogP contribution in [0.5, 0.6) is 0 Å². The van der Waals surface area contributed by atoms with Crippen LogP contribution < -0.4 is 5.32 Å². The number of rotatable bonds is 5. The minimum absolute atomic E-state index is 0.459. The second-order valence-corrected chi connectivity index (χ2v) is 3.79. The second-order valence-electron chi connectivity index (χ2n) is 3.79. The van der Waals surface area contributed by atoms with Crippen molar-refractivity contribution in [2.24, 2.45) is 0 Å². The van der Waals surface area contributed by atoms with Gasteiger partial charge in [-0.3, -0.25) is 4.68 Å². The summed E-state index contributed by atoms with van der Waals surface area (Å²) in [4.78, 5) is 0. The van der Waals surface area contributed by atoms with Crippen LogP contribution in [0.3, 0.4) is 0 Å². The van der Waals surface area contributed by atoms with Gasteiger partial charge in [-0.25, -0.2) is 0 Å². The molecule has 0 spiro atoms. The van der Waals surface area contributed by atoms with E-state index in [4.69, 9.17) is 0 Å². The second kappa shape index (κ2) is 5.15. The van der Waals surface area contributed by atoms with Gasteiger partial charge in [0, 0.05) is 23.8 Å². The largest absolute Gasteiger partial charge is 0.313 e. The number of hydrogen-bond donors (Lipinski definition) is 1. The number of nitrogens with zero attached hydrogens (tertiary/aromatic N) is 2. The highest BCUT2D eigenvalue weighted by Gasteiger charge is 2.10. The molecule has 80 valence electrons. The van der Waals surface area contributed by atoms with Crippen LogP contribution in [0, 0.1) is 0 Å². The monoisotopic (exact) mass is 195 g/mol. The first-order valence-electron chi connectivity index (χ1n) is 5.46. The molecule has 0 unspecified atom stereocenters. The molecule has 1 N–H and O–H groups in total. The zero-order chi connectivity index (χ0) is 10.6. The Morgan fingerprint density at radius 3 is 2.64 bits per heavy atom. The molecule has 1 aromatic heterocycles. The maximum Gasteiger partial charge on any atom is 0.0537 e. The van der Waals surface area contributed by atoms with Gasteiger partial charge in [0.05, 0.1) is 6.20 Å². The molecule has 0 aliphatic heterocycles. The third-order valence-electron chi connectivity index (χ3n) is 2.37. The first kappa shape index (κ1) is 11.2. The molecule has 1 rings (SSSR count). The van der Waals surface area contributed by atoms with Crippen molar-refractivity contribution in [2.45, 2.75) is 46.7 Å². The Labute approximate surface area is 86.5 Å². The topological polar surface area (TPSA) is 29.9 Å². The quantitative estimate of drug-likeness (QED) is 0.780. The molecule has 0 aliphatic rings. The summed E-state index contributed by atoms with van der Waals surface area (Å²) in [6.07, 6.45) is 3.04. The highest BCUT2D eigenvalue weighted by atomic mass is 15.3. The maximum absolute atomic E-state index is 4.42. The van der Waals surface area contributed by atoms with Gasteiger partial charge in [-0.15, -0.1) is 0 Å². The zero-order valence-corrected chi connectivity index (χ0v) is 9.67. The van der Waals surface area contributed by atoms with Crippen LogP contribution >= 0.6 is 0 Å². The van der Waals surface area contributed by atoms with Crippen molar-refractivity contribution in [3.05, 3.63) is 17.5 Å². The van der Waals surface area contributed by atoms with Crippen molar-refractivity contribution in [2.75, 3.05) is 6.54 Å². The molecule has 0 amide bonds. The van der Waals surface area contributed by atoms with E-state index < -0.39 is 0 Å². The lowest BCUT2D eigenvalue weighted by Crippen LogP contribution is -2.14. The average Bonchev–Trinajstić information content (AvgIpc) is 2.57.